The number of nitrogens with one attached hydrogen (secondary N) is 3. The van der Waals surface area contributed by atoms with Gasteiger partial charge in [0.1, 0.15) is 40.3 Å². The Morgan fingerprint density at radius 2 is 0.883 bits per heavy atom. The second-order valence-corrected chi connectivity index (χ2v) is 38.3. The van der Waals surface area contributed by atoms with Gasteiger partial charge in [-0.15, -0.1) is 35.3 Å². The Labute approximate surface area is 614 Å². The van der Waals surface area contributed by atoms with Crippen LogP contribution >= 0.6 is 138 Å². The average molecular weight is 1750 g/mol. The van der Waals surface area contributed by atoms with E-state index < -0.39 is 31.1 Å². The van der Waals surface area contributed by atoms with Gasteiger partial charge in [0.15, 0.2) is 59.3 Å². The smallest absolute Gasteiger partial charge is 0.226 e. The van der Waals surface area contributed by atoms with E-state index in [0.29, 0.717) is 76.5 Å². The Morgan fingerprint density at radius 1 is 0.532 bits per heavy atom. The van der Waals surface area contributed by atoms with Gasteiger partial charge < -0.3 is 35.2 Å². The highest BCUT2D eigenvalue weighted by Gasteiger charge is 2.51. The van der Waals surface area contributed by atoms with Crippen molar-refractivity contribution in [3.05, 3.63) is 135 Å². The van der Waals surface area contributed by atoms with Crippen molar-refractivity contribution < 1.29 is 29.0 Å². The molecule has 3 fully saturated rings. The molecule has 0 amide bonds. The molecule has 12 atom stereocenters. The molecule has 9 heterocycles. The van der Waals surface area contributed by atoms with E-state index in [0.717, 1.165) is 20.3 Å². The monoisotopic (exact) mass is 1740 g/mol. The predicted molar refractivity (Wildman–Crippen MR) is 405 cm³/mol. The average Bonchev–Trinajstić information content (AvgIpc) is 1.61. The van der Waals surface area contributed by atoms with Crippen LogP contribution in [0.3, 0.4) is 0 Å². The second kappa shape index (κ2) is 30.6. The van der Waals surface area contributed by atoms with Crippen LogP contribution in [0.15, 0.2) is 91.8 Å². The number of rotatable bonds is 17. The third-order valence-electron chi connectivity index (χ3n) is 17.3. The first-order valence-electron chi connectivity index (χ1n) is 30.1. The fourth-order valence-electron chi connectivity index (χ4n) is 11.2. The highest BCUT2D eigenvalue weighted by molar-refractivity contribution is 14.1. The maximum absolute atomic E-state index is 12.5. The summed E-state index contributed by atoms with van der Waals surface area (Å²) in [5.41, 5.74) is 6.94. The number of hydrogen-bond acceptors (Lipinski definition) is 21. The quantitative estimate of drug-likeness (QED) is 0.0322. The van der Waals surface area contributed by atoms with E-state index in [1.54, 1.807) is 54.6 Å². The summed E-state index contributed by atoms with van der Waals surface area (Å²) in [6, 6.07) is 24.6. The molecule has 498 valence electrons. The summed E-state index contributed by atoms with van der Waals surface area (Å²) in [4.78, 5) is 76.3. The summed E-state index contributed by atoms with van der Waals surface area (Å²) in [5, 5.41) is 29.5. The molecular formula is C63H71Cl3I3N15O6S3Si. The van der Waals surface area contributed by atoms with Crippen molar-refractivity contribution in [2.75, 3.05) is 16.0 Å². The lowest BCUT2D eigenvalue weighted by atomic mass is 9.91. The maximum Gasteiger partial charge on any atom is 0.226 e. The van der Waals surface area contributed by atoms with Gasteiger partial charge in [-0.1, -0.05) is 77.9 Å². The highest BCUT2D eigenvalue weighted by atomic mass is 127. The molecular weight excluding hydrogens is 1670 g/mol. The molecule has 31 heteroatoms. The van der Waals surface area contributed by atoms with Crippen LogP contribution in [0.5, 0.6) is 0 Å². The van der Waals surface area contributed by atoms with Crippen LogP contribution in [0.25, 0.3) is 33.5 Å². The van der Waals surface area contributed by atoms with E-state index in [4.69, 9.17) is 39.2 Å². The third-order valence-corrected chi connectivity index (χ3v) is 29.8. The van der Waals surface area contributed by atoms with Gasteiger partial charge in [0.2, 0.25) is 15.9 Å². The van der Waals surface area contributed by atoms with E-state index in [1.165, 1.54) is 32.2 Å². The molecule has 0 radical (unpaired) electrons. The number of hydrogen-bond donors (Lipinski definition) is 5. The first kappa shape index (κ1) is 72.7. The van der Waals surface area contributed by atoms with Crippen molar-refractivity contribution in [2.45, 2.75) is 150 Å². The number of thioether (sulfide) groups is 3. The van der Waals surface area contributed by atoms with Crippen molar-refractivity contribution >= 4 is 214 Å². The second-order valence-electron chi connectivity index (χ2n) is 25.0. The van der Waals surface area contributed by atoms with Crippen molar-refractivity contribution in [3.8, 4) is 0 Å². The number of benzene rings is 3. The summed E-state index contributed by atoms with van der Waals surface area (Å²) in [5.74, 6) is 2.51. The number of imidazole rings is 3. The van der Waals surface area contributed by atoms with Crippen molar-refractivity contribution in [1.82, 2.24) is 58.6 Å². The predicted octanol–water partition coefficient (Wildman–Crippen LogP) is 14.7. The number of carbonyl (C=O) groups is 3. The Morgan fingerprint density at radius 3 is 1.23 bits per heavy atom. The third kappa shape index (κ3) is 16.3. The minimum Gasteiger partial charge on any atom is -0.411 e. The molecule has 94 heavy (non-hydrogen) atoms. The number of halogens is 6. The Balaban J connectivity index is 0.000000155. The number of ketones is 3. The van der Waals surface area contributed by atoms with Crippen LogP contribution in [0.2, 0.25) is 34.0 Å². The van der Waals surface area contributed by atoms with E-state index in [9.17, 15) is 24.6 Å². The summed E-state index contributed by atoms with van der Waals surface area (Å²) in [7, 11) is -2.10. The molecule has 9 aromatic rings. The van der Waals surface area contributed by atoms with Gasteiger partial charge in [0, 0.05) is 36.3 Å². The van der Waals surface area contributed by atoms with Gasteiger partial charge in [-0.25, -0.2) is 15.0 Å². The molecule has 3 saturated heterocycles. The van der Waals surface area contributed by atoms with Gasteiger partial charge in [-0.05, 0) is 206 Å². The molecule has 12 unspecified atom stereocenters. The van der Waals surface area contributed by atoms with E-state index >= 15 is 0 Å². The Bertz CT molecular complexity index is 4110. The van der Waals surface area contributed by atoms with Gasteiger partial charge in [0.05, 0.1) is 46.2 Å². The minimum absolute atomic E-state index is 0.0112. The summed E-state index contributed by atoms with van der Waals surface area (Å²) in [6.07, 6.45) is 2.64. The minimum atomic E-state index is -2.10. The molecule has 5 N–H and O–H groups in total. The fourth-order valence-corrected chi connectivity index (χ4v) is 19.8. The topological polar surface area (TPSA) is 268 Å². The number of nitrogens with zero attached hydrogens (tertiary/aromatic N) is 12. The first-order chi connectivity index (χ1) is 44.5. The lowest BCUT2D eigenvalue weighted by molar-refractivity contribution is -0.119. The van der Waals surface area contributed by atoms with Gasteiger partial charge >= 0.3 is 0 Å². The van der Waals surface area contributed by atoms with Crippen LogP contribution < -0.4 is 16.0 Å². The Kier molecular flexibility index (Phi) is 23.6. The van der Waals surface area contributed by atoms with Gasteiger partial charge in [-0.2, -0.15) is 29.9 Å². The van der Waals surface area contributed by atoms with E-state index in [-0.39, 0.29) is 77.4 Å². The fraction of sp³-hybridized carbons (Fsp3) is 0.429. The van der Waals surface area contributed by atoms with E-state index in [1.807, 2.05) is 39.5 Å². The molecule has 6 aromatic heterocycles. The molecule has 12 rings (SSSR count). The standard InChI is InChI=1S/C25H33ClIN5O2SSi.C20H21ClIN5OS.C18H17ClIN5O3S/c1-14-19(34-36(6,7)25(3,4)5)23(35-20(14)15(2)33)32-13-29-18-21(30-24(26)31-22(18)32)28-12-16-9-8-10-17(27)11-16;1-10-11(2)19(29-16(10)12(3)28)27-9-24-15-17(25-20(21)26-18(15)27)23-8-13-5-4-6-14(22)7-13;1-8(26)14-12(27)13(28)17(29-14)25-7-22-11-15(23-18(19)24-16(11)25)21-6-9-3-2-4-10(20)5-9/h8-11,13-14,19-20,23H,12H2,1-7H3,(H,28,30,31);4-7,9-11,16,19H,8H2,1-3H3,(H,23,25,26);2-5,7,12-14,17,27-28H,6H2,1H3,(H,21,23,24). The van der Waals surface area contributed by atoms with Crippen LogP contribution in [0.1, 0.15) is 95.1 Å². The first-order valence-corrected chi connectivity index (χ1v) is 40.3. The molecule has 3 aliphatic rings. The molecule has 0 saturated carbocycles. The van der Waals surface area contributed by atoms with Crippen LogP contribution in [0, 0.1) is 28.5 Å². The summed E-state index contributed by atoms with van der Waals surface area (Å²) >= 11 is 30.1. The summed E-state index contributed by atoms with van der Waals surface area (Å²) in [6.45, 7) is 24.1. The van der Waals surface area contributed by atoms with Gasteiger partial charge in [-0.3, -0.25) is 23.5 Å². The van der Waals surface area contributed by atoms with Gasteiger partial charge in [0.25, 0.3) is 0 Å². The van der Waals surface area contributed by atoms with Crippen molar-refractivity contribution in [2.24, 2.45) is 17.8 Å². The number of aliphatic hydroxyl groups is 2. The number of carbonyl (C=O) groups excluding carboxylic acids is 3. The molecule has 3 aliphatic heterocycles. The number of aromatic nitrogens is 12. The molecule has 0 spiro atoms. The zero-order valence-electron chi connectivity index (χ0n) is 53.1. The highest BCUT2D eigenvalue weighted by Crippen LogP contribution is 2.53. The van der Waals surface area contributed by atoms with Crippen molar-refractivity contribution in [3.63, 3.8) is 0 Å². The lowest BCUT2D eigenvalue weighted by Crippen LogP contribution is -2.47. The molecule has 0 aliphatic carbocycles. The molecule has 3 aromatic carbocycles. The number of Topliss-reactive ketones (excluding diaryl/α,β-unsaturated/α-hetero) is 3. The zero-order chi connectivity index (χ0) is 67.8. The Hall–Kier alpha value is -4.07. The maximum atomic E-state index is 12.5. The van der Waals surface area contributed by atoms with Crippen LogP contribution in [0.4, 0.5) is 17.5 Å². The van der Waals surface area contributed by atoms with E-state index in [2.05, 4.69) is 226 Å². The summed E-state index contributed by atoms with van der Waals surface area (Å²) < 4.78 is 16.1. The number of aliphatic hydroxyl groups excluding tert-OH is 2. The van der Waals surface area contributed by atoms with Crippen molar-refractivity contribution in [1.29, 1.82) is 0 Å². The number of anilines is 3. The molecule has 21 nitrogen and oxygen atoms in total. The normalized spacial score (nSPS) is 23.6. The zero-order valence-corrected chi connectivity index (χ0v) is 65.3. The SMILES string of the molecule is CC(=O)C1SC(n2cnc3c(NCc4cccc(I)c4)nc(Cl)nc32)C(C)C1C.CC(=O)C1SC(n2cnc3c(NCc4cccc(I)c4)nc(Cl)nc32)C(O)C1O.CC(=O)C1SC(n2cnc3c(NCc4cccc(I)c4)nc(Cl)nc32)C(O[Si](C)(C)C(C)(C)C)C1C. The molecule has 0 bridgehead atoms. The number of fused-ring (bicyclic) bond motifs is 3. The largest absolute Gasteiger partial charge is 0.411 e. The lowest BCUT2D eigenvalue weighted by Gasteiger charge is -2.40. The van der Waals surface area contributed by atoms with Crippen LogP contribution in [-0.4, -0.2) is 128 Å². The van der Waals surface area contributed by atoms with Crippen LogP contribution in [-0.2, 0) is 38.4 Å².